The molecule has 0 radical (unpaired) electrons. The molecule has 2 aromatic rings. The number of hydrogen-bond donors (Lipinski definition) is 0. The molecule has 3 rings (SSSR count). The van der Waals surface area contributed by atoms with E-state index in [1.807, 2.05) is 0 Å². The van der Waals surface area contributed by atoms with Crippen LogP contribution >= 0.6 is 11.6 Å². The van der Waals surface area contributed by atoms with Gasteiger partial charge in [-0.2, -0.15) is 0 Å². The SMILES string of the molecule is FC1(F)Oc2ccc(/C=C/c3nc(CCl)co3)cc2O1. The smallest absolute Gasteiger partial charge is 0.445 e. The number of hydrogen-bond acceptors (Lipinski definition) is 4. The Labute approximate surface area is 117 Å². The number of benzene rings is 1. The maximum absolute atomic E-state index is 12.9. The number of ether oxygens (including phenoxy) is 2. The molecule has 104 valence electrons. The van der Waals surface area contributed by atoms with Crippen LogP contribution in [0.25, 0.3) is 12.2 Å². The molecule has 1 aromatic carbocycles. The number of alkyl halides is 3. The minimum atomic E-state index is -3.61. The summed E-state index contributed by atoms with van der Waals surface area (Å²) in [5.41, 5.74) is 1.27. The molecular formula is C13H8ClF2NO3. The second-order valence-electron chi connectivity index (χ2n) is 4.02. The van der Waals surface area contributed by atoms with Gasteiger partial charge in [0, 0.05) is 6.08 Å². The zero-order valence-electron chi connectivity index (χ0n) is 9.98. The Balaban J connectivity index is 1.79. The lowest BCUT2D eigenvalue weighted by Gasteiger charge is -2.04. The summed E-state index contributed by atoms with van der Waals surface area (Å²) >= 11 is 5.60. The second-order valence-corrected chi connectivity index (χ2v) is 4.28. The van der Waals surface area contributed by atoms with Crippen molar-refractivity contribution in [2.24, 2.45) is 0 Å². The van der Waals surface area contributed by atoms with Gasteiger partial charge in [-0.15, -0.1) is 20.4 Å². The van der Waals surface area contributed by atoms with E-state index < -0.39 is 6.29 Å². The molecule has 1 aliphatic heterocycles. The van der Waals surface area contributed by atoms with E-state index >= 15 is 0 Å². The summed E-state index contributed by atoms with van der Waals surface area (Å²) < 4.78 is 39.5. The van der Waals surface area contributed by atoms with Crippen molar-refractivity contribution < 1.29 is 22.7 Å². The van der Waals surface area contributed by atoms with E-state index in [1.165, 1.54) is 18.4 Å². The molecule has 0 N–H and O–H groups in total. The topological polar surface area (TPSA) is 44.5 Å². The predicted octanol–water partition coefficient (Wildman–Crippen LogP) is 3.91. The lowest BCUT2D eigenvalue weighted by atomic mass is 10.2. The number of aromatic nitrogens is 1. The van der Waals surface area contributed by atoms with Gasteiger partial charge in [0.1, 0.15) is 6.26 Å². The van der Waals surface area contributed by atoms with E-state index in [-0.39, 0.29) is 17.4 Å². The summed E-state index contributed by atoms with van der Waals surface area (Å²) in [7, 11) is 0. The molecule has 0 fully saturated rings. The molecule has 2 heterocycles. The van der Waals surface area contributed by atoms with E-state index in [1.54, 1.807) is 18.2 Å². The fraction of sp³-hybridized carbons (Fsp3) is 0.154. The van der Waals surface area contributed by atoms with Crippen LogP contribution in [0.4, 0.5) is 8.78 Å². The van der Waals surface area contributed by atoms with Crippen LogP contribution in [0.2, 0.25) is 0 Å². The van der Waals surface area contributed by atoms with Crippen LogP contribution in [0.1, 0.15) is 17.1 Å². The predicted molar refractivity (Wildman–Crippen MR) is 67.6 cm³/mol. The van der Waals surface area contributed by atoms with Gasteiger partial charge in [0.2, 0.25) is 5.89 Å². The quantitative estimate of drug-likeness (QED) is 0.806. The molecule has 0 spiro atoms. The van der Waals surface area contributed by atoms with Gasteiger partial charge in [-0.05, 0) is 23.8 Å². The normalized spacial score (nSPS) is 15.9. The molecule has 4 nitrogen and oxygen atoms in total. The summed E-state index contributed by atoms with van der Waals surface area (Å²) in [6.45, 7) is 0. The van der Waals surface area contributed by atoms with Crippen LogP contribution < -0.4 is 9.47 Å². The van der Waals surface area contributed by atoms with Crippen molar-refractivity contribution >= 4 is 23.8 Å². The maximum Gasteiger partial charge on any atom is 0.586 e. The Morgan fingerprint density at radius 3 is 2.75 bits per heavy atom. The largest absolute Gasteiger partial charge is 0.586 e. The number of nitrogens with zero attached hydrogens (tertiary/aromatic N) is 1. The van der Waals surface area contributed by atoms with Crippen molar-refractivity contribution in [3.63, 3.8) is 0 Å². The molecule has 7 heteroatoms. The lowest BCUT2D eigenvalue weighted by Crippen LogP contribution is -2.25. The highest BCUT2D eigenvalue weighted by Gasteiger charge is 2.43. The van der Waals surface area contributed by atoms with Gasteiger partial charge in [0.05, 0.1) is 11.6 Å². The Kier molecular flexibility index (Phi) is 3.10. The average molecular weight is 300 g/mol. The van der Waals surface area contributed by atoms with Crippen molar-refractivity contribution in [2.45, 2.75) is 12.2 Å². The van der Waals surface area contributed by atoms with Crippen LogP contribution in [0.5, 0.6) is 11.5 Å². The first kappa shape index (κ1) is 12.9. The van der Waals surface area contributed by atoms with E-state index in [9.17, 15) is 8.78 Å². The molecule has 1 aliphatic rings. The molecule has 0 saturated carbocycles. The molecular weight excluding hydrogens is 292 g/mol. The highest BCUT2D eigenvalue weighted by molar-refractivity contribution is 6.16. The minimum Gasteiger partial charge on any atom is -0.445 e. The Bertz CT molecular complexity index is 669. The molecule has 20 heavy (non-hydrogen) atoms. The molecule has 0 amide bonds. The first-order chi connectivity index (χ1) is 9.55. The monoisotopic (exact) mass is 299 g/mol. The summed E-state index contributed by atoms with van der Waals surface area (Å²) in [6.07, 6.45) is 1.10. The van der Waals surface area contributed by atoms with E-state index in [4.69, 9.17) is 16.0 Å². The van der Waals surface area contributed by atoms with Crippen LogP contribution in [0, 0.1) is 0 Å². The van der Waals surface area contributed by atoms with Crippen molar-refractivity contribution in [2.75, 3.05) is 0 Å². The number of halogens is 3. The average Bonchev–Trinajstić information content (AvgIpc) is 2.97. The third kappa shape index (κ3) is 2.60. The minimum absolute atomic E-state index is 0.00713. The molecule has 0 aliphatic carbocycles. The van der Waals surface area contributed by atoms with Gasteiger partial charge in [-0.1, -0.05) is 6.07 Å². The Morgan fingerprint density at radius 2 is 2.00 bits per heavy atom. The van der Waals surface area contributed by atoms with Crippen molar-refractivity contribution in [1.82, 2.24) is 4.98 Å². The molecule has 1 aromatic heterocycles. The fourth-order valence-electron chi connectivity index (χ4n) is 1.70. The number of fused-ring (bicyclic) bond motifs is 1. The van der Waals surface area contributed by atoms with E-state index in [0.29, 0.717) is 17.1 Å². The van der Waals surface area contributed by atoms with Gasteiger partial charge in [0.15, 0.2) is 11.5 Å². The van der Waals surface area contributed by atoms with Gasteiger partial charge >= 0.3 is 6.29 Å². The van der Waals surface area contributed by atoms with Crippen molar-refractivity contribution in [3.8, 4) is 11.5 Å². The van der Waals surface area contributed by atoms with Crippen LogP contribution in [0.3, 0.4) is 0 Å². The van der Waals surface area contributed by atoms with Crippen LogP contribution in [-0.2, 0) is 5.88 Å². The third-order valence-corrected chi connectivity index (χ3v) is 2.82. The molecule has 0 bridgehead atoms. The summed E-state index contributed by atoms with van der Waals surface area (Å²) in [5, 5.41) is 0. The second kappa shape index (κ2) is 4.79. The Hall–Kier alpha value is -2.08. The fourth-order valence-corrected chi connectivity index (χ4v) is 1.82. The van der Waals surface area contributed by atoms with Gasteiger partial charge in [-0.25, -0.2) is 4.98 Å². The van der Waals surface area contributed by atoms with Crippen molar-refractivity contribution in [3.05, 3.63) is 41.6 Å². The number of oxazole rings is 1. The molecule has 0 atom stereocenters. The van der Waals surface area contributed by atoms with Gasteiger partial charge in [-0.3, -0.25) is 0 Å². The molecule has 0 unspecified atom stereocenters. The van der Waals surface area contributed by atoms with E-state index in [2.05, 4.69) is 14.5 Å². The highest BCUT2D eigenvalue weighted by Crippen LogP contribution is 2.41. The Morgan fingerprint density at radius 1 is 1.20 bits per heavy atom. The summed E-state index contributed by atoms with van der Waals surface area (Å²) in [6, 6.07) is 4.47. The molecule has 0 saturated heterocycles. The standard InChI is InChI=1S/C13H8ClF2NO3/c14-6-9-7-18-12(17-9)4-2-8-1-3-10-11(5-8)20-13(15,16)19-10/h1-5,7H,6H2/b4-2+. The first-order valence-corrected chi connectivity index (χ1v) is 6.17. The van der Waals surface area contributed by atoms with Crippen LogP contribution in [0.15, 0.2) is 28.9 Å². The number of rotatable bonds is 3. The van der Waals surface area contributed by atoms with Crippen LogP contribution in [-0.4, -0.2) is 11.3 Å². The zero-order valence-corrected chi connectivity index (χ0v) is 10.7. The maximum atomic E-state index is 12.9. The van der Waals surface area contributed by atoms with E-state index in [0.717, 1.165) is 0 Å². The first-order valence-electron chi connectivity index (χ1n) is 5.64. The highest BCUT2D eigenvalue weighted by atomic mass is 35.5. The van der Waals surface area contributed by atoms with Gasteiger partial charge in [0.25, 0.3) is 0 Å². The zero-order chi connectivity index (χ0) is 14.2. The lowest BCUT2D eigenvalue weighted by molar-refractivity contribution is -0.286. The van der Waals surface area contributed by atoms with Gasteiger partial charge < -0.3 is 13.9 Å². The third-order valence-electron chi connectivity index (χ3n) is 2.55. The summed E-state index contributed by atoms with van der Waals surface area (Å²) in [5.74, 6) is 0.638. The van der Waals surface area contributed by atoms with Crippen molar-refractivity contribution in [1.29, 1.82) is 0 Å². The summed E-state index contributed by atoms with van der Waals surface area (Å²) in [4.78, 5) is 4.08.